The van der Waals surface area contributed by atoms with Crippen molar-refractivity contribution in [2.45, 2.75) is 13.3 Å². The van der Waals surface area contributed by atoms with Gasteiger partial charge in [-0.1, -0.05) is 30.3 Å². The largest absolute Gasteiger partial charge is 0.484 e. The number of hydrogen-bond acceptors (Lipinski definition) is 4. The Morgan fingerprint density at radius 1 is 1.00 bits per heavy atom. The Bertz CT molecular complexity index is 653. The van der Waals surface area contributed by atoms with Gasteiger partial charge >= 0.3 is 5.97 Å². The Hall–Kier alpha value is -2.82. The molecule has 0 bridgehead atoms. The zero-order valence-corrected chi connectivity index (χ0v) is 13.7. The first-order chi connectivity index (χ1) is 11.7. The van der Waals surface area contributed by atoms with Crippen molar-refractivity contribution >= 4 is 11.9 Å². The van der Waals surface area contributed by atoms with Gasteiger partial charge in [-0.2, -0.15) is 0 Å². The number of hydrogen-bond donors (Lipinski definition) is 1. The summed E-state index contributed by atoms with van der Waals surface area (Å²) >= 11 is 0. The predicted molar refractivity (Wildman–Crippen MR) is 91.0 cm³/mol. The molecule has 0 fully saturated rings. The van der Waals surface area contributed by atoms with Crippen LogP contribution in [0.15, 0.2) is 54.6 Å². The van der Waals surface area contributed by atoms with E-state index in [-0.39, 0.29) is 18.5 Å². The van der Waals surface area contributed by atoms with Crippen LogP contribution in [0.5, 0.6) is 5.75 Å². The van der Waals surface area contributed by atoms with Crippen molar-refractivity contribution in [3.63, 3.8) is 0 Å². The first-order valence-electron chi connectivity index (χ1n) is 7.89. The Morgan fingerprint density at radius 3 is 2.38 bits per heavy atom. The molecule has 1 amide bonds. The lowest BCUT2D eigenvalue weighted by Gasteiger charge is -2.08. The zero-order valence-electron chi connectivity index (χ0n) is 13.7. The van der Waals surface area contributed by atoms with Crippen LogP contribution in [-0.4, -0.2) is 31.6 Å². The Kier molecular flexibility index (Phi) is 6.83. The minimum absolute atomic E-state index is 0.0620. The second-order valence-corrected chi connectivity index (χ2v) is 5.12. The molecule has 24 heavy (non-hydrogen) atoms. The second kappa shape index (κ2) is 9.35. The highest BCUT2D eigenvalue weighted by Crippen LogP contribution is 2.12. The molecule has 0 aliphatic rings. The maximum atomic E-state index is 11.8. The van der Waals surface area contributed by atoms with Crippen molar-refractivity contribution < 1.29 is 19.1 Å². The third-order valence-corrected chi connectivity index (χ3v) is 3.31. The normalized spacial score (nSPS) is 10.0. The van der Waals surface area contributed by atoms with Crippen molar-refractivity contribution in [3.05, 3.63) is 65.7 Å². The van der Waals surface area contributed by atoms with Gasteiger partial charge in [0.25, 0.3) is 5.91 Å². The molecule has 0 aliphatic heterocycles. The summed E-state index contributed by atoms with van der Waals surface area (Å²) in [5.41, 5.74) is 1.63. The molecule has 0 saturated carbocycles. The Balaban J connectivity index is 1.70. The highest BCUT2D eigenvalue weighted by Gasteiger charge is 2.07. The Morgan fingerprint density at radius 2 is 1.71 bits per heavy atom. The van der Waals surface area contributed by atoms with Crippen molar-refractivity contribution in [1.29, 1.82) is 0 Å². The van der Waals surface area contributed by atoms with Gasteiger partial charge in [0.1, 0.15) is 5.75 Å². The third-order valence-electron chi connectivity index (χ3n) is 3.31. The fraction of sp³-hybridized carbons (Fsp3) is 0.263. The van der Waals surface area contributed by atoms with E-state index < -0.39 is 0 Å². The van der Waals surface area contributed by atoms with Crippen LogP contribution in [0, 0.1) is 0 Å². The number of carbonyl (C=O) groups is 2. The molecule has 1 N–H and O–H groups in total. The SMILES string of the molecule is CCOC(=O)c1ccc(OCC(=O)NCCc2ccccc2)cc1. The molecule has 2 aromatic rings. The molecular weight excluding hydrogens is 306 g/mol. The molecule has 5 nitrogen and oxygen atoms in total. The summed E-state index contributed by atoms with van der Waals surface area (Å²) in [7, 11) is 0. The van der Waals surface area contributed by atoms with Crippen LogP contribution in [0.4, 0.5) is 0 Å². The average molecular weight is 327 g/mol. The number of benzene rings is 2. The van der Waals surface area contributed by atoms with E-state index in [1.54, 1.807) is 31.2 Å². The molecule has 0 spiro atoms. The van der Waals surface area contributed by atoms with Crippen LogP contribution in [-0.2, 0) is 16.0 Å². The van der Waals surface area contributed by atoms with Crippen LogP contribution >= 0.6 is 0 Å². The standard InChI is InChI=1S/C19H21NO4/c1-2-23-19(22)16-8-10-17(11-9-16)24-14-18(21)20-13-12-15-6-4-3-5-7-15/h3-11H,2,12-14H2,1H3,(H,20,21). The summed E-state index contributed by atoms with van der Waals surface area (Å²) in [4.78, 5) is 23.3. The number of nitrogens with one attached hydrogen (secondary N) is 1. The maximum Gasteiger partial charge on any atom is 0.338 e. The molecule has 0 unspecified atom stereocenters. The third kappa shape index (κ3) is 5.76. The lowest BCUT2D eigenvalue weighted by atomic mass is 10.1. The minimum Gasteiger partial charge on any atom is -0.484 e. The van der Waals surface area contributed by atoms with Crippen molar-refractivity contribution in [1.82, 2.24) is 5.32 Å². The molecule has 0 radical (unpaired) electrons. The van der Waals surface area contributed by atoms with Crippen molar-refractivity contribution in [3.8, 4) is 5.75 Å². The highest BCUT2D eigenvalue weighted by molar-refractivity contribution is 5.89. The molecule has 0 atom stereocenters. The first-order valence-corrected chi connectivity index (χ1v) is 7.89. The van der Waals surface area contributed by atoms with E-state index in [0.717, 1.165) is 6.42 Å². The van der Waals surface area contributed by atoms with Gasteiger partial charge in [-0.05, 0) is 43.2 Å². The minimum atomic E-state index is -0.372. The molecule has 0 heterocycles. The van der Waals surface area contributed by atoms with Crippen LogP contribution in [0.25, 0.3) is 0 Å². The zero-order chi connectivity index (χ0) is 17.2. The van der Waals surface area contributed by atoms with Crippen LogP contribution in [0.2, 0.25) is 0 Å². The molecule has 2 rings (SSSR count). The summed E-state index contributed by atoms with van der Waals surface area (Å²) in [5, 5.41) is 2.81. The number of amides is 1. The van der Waals surface area contributed by atoms with Gasteiger partial charge < -0.3 is 14.8 Å². The van der Waals surface area contributed by atoms with Gasteiger partial charge in [-0.15, -0.1) is 0 Å². The molecule has 5 heteroatoms. The summed E-state index contributed by atoms with van der Waals surface area (Å²) < 4.78 is 10.3. The lowest BCUT2D eigenvalue weighted by Crippen LogP contribution is -2.30. The maximum absolute atomic E-state index is 11.8. The fourth-order valence-electron chi connectivity index (χ4n) is 2.09. The van der Waals surface area contributed by atoms with E-state index in [2.05, 4.69) is 5.32 Å². The molecular formula is C19H21NO4. The Labute approximate surface area is 141 Å². The fourth-order valence-corrected chi connectivity index (χ4v) is 2.09. The average Bonchev–Trinajstić information content (AvgIpc) is 2.61. The first kappa shape index (κ1) is 17.5. The molecule has 2 aromatic carbocycles. The van der Waals surface area contributed by atoms with Crippen molar-refractivity contribution in [2.75, 3.05) is 19.8 Å². The number of esters is 1. The van der Waals surface area contributed by atoms with Crippen LogP contribution < -0.4 is 10.1 Å². The molecule has 0 aliphatic carbocycles. The summed E-state index contributed by atoms with van der Waals surface area (Å²) in [5.74, 6) is -0.0237. The molecule has 0 saturated heterocycles. The van der Waals surface area contributed by atoms with Gasteiger partial charge in [0, 0.05) is 6.54 Å². The van der Waals surface area contributed by atoms with E-state index in [0.29, 0.717) is 24.5 Å². The lowest BCUT2D eigenvalue weighted by molar-refractivity contribution is -0.123. The second-order valence-electron chi connectivity index (χ2n) is 5.12. The van der Waals surface area contributed by atoms with Crippen LogP contribution in [0.3, 0.4) is 0 Å². The van der Waals surface area contributed by atoms with E-state index >= 15 is 0 Å². The monoisotopic (exact) mass is 327 g/mol. The van der Waals surface area contributed by atoms with Crippen molar-refractivity contribution in [2.24, 2.45) is 0 Å². The van der Waals surface area contributed by atoms with Gasteiger partial charge in [-0.25, -0.2) is 4.79 Å². The summed E-state index contributed by atoms with van der Waals surface area (Å²) in [6, 6.07) is 16.5. The van der Waals surface area contributed by atoms with Gasteiger partial charge in [0.2, 0.25) is 0 Å². The number of carbonyl (C=O) groups excluding carboxylic acids is 2. The summed E-state index contributed by atoms with van der Waals surface area (Å²) in [6.07, 6.45) is 0.779. The van der Waals surface area contributed by atoms with E-state index in [1.807, 2.05) is 30.3 Å². The molecule has 0 aromatic heterocycles. The quantitative estimate of drug-likeness (QED) is 0.757. The number of ether oxygens (including phenoxy) is 2. The molecule has 126 valence electrons. The van der Waals surface area contributed by atoms with Gasteiger partial charge in [-0.3, -0.25) is 4.79 Å². The topological polar surface area (TPSA) is 64.6 Å². The van der Waals surface area contributed by atoms with Gasteiger partial charge in [0.05, 0.1) is 12.2 Å². The van der Waals surface area contributed by atoms with E-state index in [1.165, 1.54) is 5.56 Å². The highest BCUT2D eigenvalue weighted by atomic mass is 16.5. The van der Waals surface area contributed by atoms with E-state index in [9.17, 15) is 9.59 Å². The summed E-state index contributed by atoms with van der Waals surface area (Å²) in [6.45, 7) is 2.59. The van der Waals surface area contributed by atoms with E-state index in [4.69, 9.17) is 9.47 Å². The predicted octanol–water partition coefficient (Wildman–Crippen LogP) is 2.60. The van der Waals surface area contributed by atoms with Crippen LogP contribution in [0.1, 0.15) is 22.8 Å². The van der Waals surface area contributed by atoms with Gasteiger partial charge in [0.15, 0.2) is 6.61 Å². The number of rotatable bonds is 8. The smallest absolute Gasteiger partial charge is 0.338 e.